The minimum Gasteiger partial charge on any atom is -0.322 e. The van der Waals surface area contributed by atoms with Gasteiger partial charge in [-0.25, -0.2) is 4.39 Å². The summed E-state index contributed by atoms with van der Waals surface area (Å²) < 4.78 is 15.4. The SMILES string of the molecule is Cc1ccc(-n2cc(C(=O)Nc3ccc(C)c(F)c3)c3ccccc3c2=O)cc1C. The van der Waals surface area contributed by atoms with Gasteiger partial charge >= 0.3 is 0 Å². The summed E-state index contributed by atoms with van der Waals surface area (Å²) in [7, 11) is 0. The maximum absolute atomic E-state index is 13.9. The quantitative estimate of drug-likeness (QED) is 0.507. The van der Waals surface area contributed by atoms with Gasteiger partial charge in [-0.1, -0.05) is 30.3 Å². The van der Waals surface area contributed by atoms with Crippen LogP contribution in [0.3, 0.4) is 0 Å². The summed E-state index contributed by atoms with van der Waals surface area (Å²) in [6, 6.07) is 17.3. The molecule has 0 radical (unpaired) electrons. The standard InChI is InChI=1S/C25H21FN2O2/c1-15-9-11-19(12-17(15)3)28-14-22(20-6-4-5-7-21(20)25(28)30)24(29)27-18-10-8-16(2)23(26)13-18/h4-14H,1-3H3,(H,27,29). The number of anilines is 1. The van der Waals surface area contributed by atoms with Crippen LogP contribution in [0.4, 0.5) is 10.1 Å². The van der Waals surface area contributed by atoms with Crippen LogP contribution in [0.25, 0.3) is 16.5 Å². The zero-order chi connectivity index (χ0) is 21.4. The van der Waals surface area contributed by atoms with E-state index in [4.69, 9.17) is 0 Å². The van der Waals surface area contributed by atoms with E-state index in [1.54, 1.807) is 49.5 Å². The molecule has 0 fully saturated rings. The highest BCUT2D eigenvalue weighted by atomic mass is 19.1. The molecule has 3 aromatic carbocycles. The van der Waals surface area contributed by atoms with Gasteiger partial charge in [-0.05, 0) is 67.8 Å². The Bertz CT molecular complexity index is 1360. The molecule has 4 nitrogen and oxygen atoms in total. The van der Waals surface area contributed by atoms with Crippen LogP contribution in [-0.2, 0) is 0 Å². The molecule has 1 amide bonds. The van der Waals surface area contributed by atoms with Crippen molar-refractivity contribution in [1.82, 2.24) is 4.57 Å². The van der Waals surface area contributed by atoms with Gasteiger partial charge in [-0.3, -0.25) is 14.2 Å². The van der Waals surface area contributed by atoms with Crippen LogP contribution in [0.5, 0.6) is 0 Å². The zero-order valence-electron chi connectivity index (χ0n) is 17.0. The van der Waals surface area contributed by atoms with Gasteiger partial charge in [0.05, 0.1) is 5.56 Å². The maximum Gasteiger partial charge on any atom is 0.262 e. The van der Waals surface area contributed by atoms with E-state index in [1.165, 1.54) is 10.6 Å². The minimum absolute atomic E-state index is 0.202. The number of aromatic nitrogens is 1. The van der Waals surface area contributed by atoms with Crippen LogP contribution in [-0.4, -0.2) is 10.5 Å². The van der Waals surface area contributed by atoms with E-state index in [1.807, 2.05) is 32.0 Å². The Hall–Kier alpha value is -3.73. The Kier molecular flexibility index (Phi) is 4.96. The molecule has 1 aromatic heterocycles. The van der Waals surface area contributed by atoms with Gasteiger partial charge in [0.2, 0.25) is 0 Å². The van der Waals surface area contributed by atoms with Crippen molar-refractivity contribution in [3.63, 3.8) is 0 Å². The molecule has 30 heavy (non-hydrogen) atoms. The topological polar surface area (TPSA) is 51.1 Å². The molecule has 4 aromatic rings. The second-order valence-corrected chi connectivity index (χ2v) is 7.45. The average Bonchev–Trinajstić information content (AvgIpc) is 2.73. The van der Waals surface area contributed by atoms with Gasteiger partial charge in [-0.2, -0.15) is 0 Å². The molecule has 150 valence electrons. The van der Waals surface area contributed by atoms with E-state index in [0.29, 0.717) is 33.3 Å². The van der Waals surface area contributed by atoms with Crippen LogP contribution in [0.2, 0.25) is 0 Å². The predicted octanol–water partition coefficient (Wildman–Crippen LogP) is 5.31. The van der Waals surface area contributed by atoms with Crippen LogP contribution in [0.1, 0.15) is 27.0 Å². The summed E-state index contributed by atoms with van der Waals surface area (Å²) in [5, 5.41) is 3.73. The number of pyridine rings is 1. The summed E-state index contributed by atoms with van der Waals surface area (Å²) in [4.78, 5) is 26.2. The first kappa shape index (κ1) is 19.6. The van der Waals surface area contributed by atoms with E-state index in [-0.39, 0.29) is 5.56 Å². The van der Waals surface area contributed by atoms with Crippen molar-refractivity contribution >= 4 is 22.4 Å². The summed E-state index contributed by atoms with van der Waals surface area (Å²) >= 11 is 0. The third-order valence-electron chi connectivity index (χ3n) is 5.37. The van der Waals surface area contributed by atoms with Crippen molar-refractivity contribution in [3.05, 3.63) is 105 Å². The first-order chi connectivity index (χ1) is 14.3. The molecule has 0 atom stereocenters. The number of fused-ring (bicyclic) bond motifs is 1. The lowest BCUT2D eigenvalue weighted by Gasteiger charge is -2.14. The number of hydrogen-bond donors (Lipinski definition) is 1. The summed E-state index contributed by atoms with van der Waals surface area (Å²) in [6.07, 6.45) is 1.55. The number of nitrogens with zero attached hydrogens (tertiary/aromatic N) is 1. The van der Waals surface area contributed by atoms with Gasteiger partial charge in [-0.15, -0.1) is 0 Å². The normalized spacial score (nSPS) is 10.9. The molecule has 0 spiro atoms. The molecule has 0 unspecified atom stereocenters. The second-order valence-electron chi connectivity index (χ2n) is 7.45. The third kappa shape index (κ3) is 3.50. The highest BCUT2D eigenvalue weighted by Gasteiger charge is 2.16. The number of rotatable bonds is 3. The molecule has 5 heteroatoms. The van der Waals surface area contributed by atoms with Crippen LogP contribution in [0, 0.1) is 26.6 Å². The molecular formula is C25H21FN2O2. The van der Waals surface area contributed by atoms with Crippen LogP contribution in [0.15, 0.2) is 71.7 Å². The van der Waals surface area contributed by atoms with E-state index < -0.39 is 11.7 Å². The summed E-state index contributed by atoms with van der Waals surface area (Å²) in [5.41, 5.74) is 3.85. The Balaban J connectivity index is 1.87. The number of nitrogens with one attached hydrogen (secondary N) is 1. The molecule has 4 rings (SSSR count). The van der Waals surface area contributed by atoms with E-state index in [0.717, 1.165) is 11.1 Å². The van der Waals surface area contributed by atoms with Gasteiger partial charge in [0.15, 0.2) is 0 Å². The molecule has 0 bridgehead atoms. The molecule has 0 aliphatic rings. The van der Waals surface area contributed by atoms with Crippen molar-refractivity contribution < 1.29 is 9.18 Å². The lowest BCUT2D eigenvalue weighted by Crippen LogP contribution is -2.22. The first-order valence-corrected chi connectivity index (χ1v) is 9.64. The second kappa shape index (κ2) is 7.59. The number of aryl methyl sites for hydroxylation is 3. The van der Waals surface area contributed by atoms with Crippen molar-refractivity contribution in [3.8, 4) is 5.69 Å². The number of halogens is 1. The van der Waals surface area contributed by atoms with Gasteiger partial charge in [0.1, 0.15) is 5.82 Å². The monoisotopic (exact) mass is 400 g/mol. The van der Waals surface area contributed by atoms with E-state index in [2.05, 4.69) is 5.32 Å². The smallest absolute Gasteiger partial charge is 0.262 e. The fourth-order valence-electron chi connectivity index (χ4n) is 3.41. The predicted molar refractivity (Wildman–Crippen MR) is 118 cm³/mol. The molecular weight excluding hydrogens is 379 g/mol. The molecule has 1 N–H and O–H groups in total. The molecule has 1 heterocycles. The highest BCUT2D eigenvalue weighted by Crippen LogP contribution is 2.21. The summed E-state index contributed by atoms with van der Waals surface area (Å²) in [6.45, 7) is 5.64. The third-order valence-corrected chi connectivity index (χ3v) is 5.37. The maximum atomic E-state index is 13.9. The highest BCUT2D eigenvalue weighted by molar-refractivity contribution is 6.12. The number of hydrogen-bond acceptors (Lipinski definition) is 2. The lowest BCUT2D eigenvalue weighted by atomic mass is 10.1. The number of carbonyl (C=O) groups is 1. The van der Waals surface area contributed by atoms with Crippen molar-refractivity contribution in [2.75, 3.05) is 5.32 Å². The fourth-order valence-corrected chi connectivity index (χ4v) is 3.41. The van der Waals surface area contributed by atoms with Gasteiger partial charge in [0, 0.05) is 28.3 Å². The summed E-state index contributed by atoms with van der Waals surface area (Å²) in [5.74, 6) is -0.801. The van der Waals surface area contributed by atoms with Crippen molar-refractivity contribution in [2.24, 2.45) is 0 Å². The number of carbonyl (C=O) groups excluding carboxylic acids is 1. The van der Waals surface area contributed by atoms with E-state index in [9.17, 15) is 14.0 Å². The molecule has 0 saturated carbocycles. The van der Waals surface area contributed by atoms with Crippen LogP contribution >= 0.6 is 0 Å². The fraction of sp³-hybridized carbons (Fsp3) is 0.120. The van der Waals surface area contributed by atoms with Crippen molar-refractivity contribution in [2.45, 2.75) is 20.8 Å². The van der Waals surface area contributed by atoms with Gasteiger partial charge in [0.25, 0.3) is 11.5 Å². The minimum atomic E-state index is -0.410. The molecule has 0 aliphatic heterocycles. The average molecular weight is 400 g/mol. The lowest BCUT2D eigenvalue weighted by molar-refractivity contribution is 0.102. The van der Waals surface area contributed by atoms with Gasteiger partial charge < -0.3 is 5.32 Å². The zero-order valence-corrected chi connectivity index (χ0v) is 17.0. The Morgan fingerprint density at radius 1 is 0.867 bits per heavy atom. The van der Waals surface area contributed by atoms with Crippen LogP contribution < -0.4 is 10.9 Å². The number of amides is 1. The van der Waals surface area contributed by atoms with E-state index >= 15 is 0 Å². The van der Waals surface area contributed by atoms with Crippen molar-refractivity contribution in [1.29, 1.82) is 0 Å². The molecule has 0 saturated heterocycles. The largest absolute Gasteiger partial charge is 0.322 e. The Labute approximate surface area is 173 Å². The molecule has 0 aliphatic carbocycles. The number of benzene rings is 3. The Morgan fingerprint density at radius 3 is 2.27 bits per heavy atom. The Morgan fingerprint density at radius 2 is 1.57 bits per heavy atom. The first-order valence-electron chi connectivity index (χ1n) is 9.64.